The van der Waals surface area contributed by atoms with Crippen molar-refractivity contribution in [3.63, 3.8) is 0 Å². The molecular formula is C33H29FN6O. The van der Waals surface area contributed by atoms with E-state index in [2.05, 4.69) is 45.8 Å². The summed E-state index contributed by atoms with van der Waals surface area (Å²) in [5.41, 5.74) is 5.19. The van der Waals surface area contributed by atoms with Gasteiger partial charge < -0.3 is 9.47 Å². The number of amides is 1. The number of halogens is 1. The lowest BCUT2D eigenvalue weighted by atomic mass is 9.95. The molecule has 1 unspecified atom stereocenters. The molecule has 1 aliphatic rings. The normalized spacial score (nSPS) is 15.0. The Morgan fingerprint density at radius 3 is 2.56 bits per heavy atom. The lowest BCUT2D eigenvalue weighted by Crippen LogP contribution is -2.38. The molecule has 1 fully saturated rings. The Balaban J connectivity index is 1.11. The van der Waals surface area contributed by atoms with Crippen molar-refractivity contribution in [2.45, 2.75) is 31.7 Å². The van der Waals surface area contributed by atoms with Crippen LogP contribution in [0.25, 0.3) is 27.6 Å². The predicted molar refractivity (Wildman–Crippen MR) is 157 cm³/mol. The van der Waals surface area contributed by atoms with E-state index in [9.17, 15) is 9.18 Å². The number of hydrogen-bond donors (Lipinski definition) is 0. The summed E-state index contributed by atoms with van der Waals surface area (Å²) in [6.45, 7) is 3.49. The zero-order valence-corrected chi connectivity index (χ0v) is 22.7. The number of piperidine rings is 1. The van der Waals surface area contributed by atoms with Gasteiger partial charge >= 0.3 is 0 Å². The monoisotopic (exact) mass is 544 g/mol. The van der Waals surface area contributed by atoms with Gasteiger partial charge in [0.05, 0.1) is 40.2 Å². The summed E-state index contributed by atoms with van der Waals surface area (Å²) < 4.78 is 17.8. The number of para-hydroxylation sites is 2. The Morgan fingerprint density at radius 2 is 1.76 bits per heavy atom. The molecule has 0 spiro atoms. The van der Waals surface area contributed by atoms with E-state index < -0.39 is 0 Å². The van der Waals surface area contributed by atoms with Gasteiger partial charge in [0.25, 0.3) is 5.91 Å². The predicted octanol–water partition coefficient (Wildman–Crippen LogP) is 6.54. The van der Waals surface area contributed by atoms with Crippen molar-refractivity contribution in [2.75, 3.05) is 13.1 Å². The summed E-state index contributed by atoms with van der Waals surface area (Å²) in [5.74, 6) is 0.995. The summed E-state index contributed by atoms with van der Waals surface area (Å²) >= 11 is 0. The van der Waals surface area contributed by atoms with Crippen molar-refractivity contribution >= 4 is 27.8 Å². The molecule has 0 aliphatic carbocycles. The third-order valence-electron chi connectivity index (χ3n) is 8.14. The first kappa shape index (κ1) is 25.1. The van der Waals surface area contributed by atoms with Gasteiger partial charge in [-0.05, 0) is 80.4 Å². The standard InChI is InChI=1S/C33H29FN6O/c1-22(28-9-4-5-16-35-28)39-31-11-3-2-10-29(31)37-32(39)23-14-17-38(18-15-23)33(41)24-12-13-30-25(19-24)21-36-40(30)27-8-6-7-26(34)20-27/h2-13,16,19-23H,14-15,17-18H2,1H3. The molecule has 8 heteroatoms. The van der Waals surface area contributed by atoms with Crippen LogP contribution in [0.2, 0.25) is 0 Å². The van der Waals surface area contributed by atoms with Crippen molar-refractivity contribution in [2.24, 2.45) is 0 Å². The van der Waals surface area contributed by atoms with Crippen LogP contribution in [0.1, 0.15) is 53.6 Å². The van der Waals surface area contributed by atoms with Crippen molar-refractivity contribution in [3.05, 3.63) is 120 Å². The average molecular weight is 545 g/mol. The average Bonchev–Trinajstić information content (AvgIpc) is 3.62. The summed E-state index contributed by atoms with van der Waals surface area (Å²) in [6, 6.07) is 26.2. The highest BCUT2D eigenvalue weighted by Crippen LogP contribution is 2.34. The van der Waals surface area contributed by atoms with Gasteiger partial charge in [-0.25, -0.2) is 14.1 Å². The first-order chi connectivity index (χ1) is 20.1. The van der Waals surface area contributed by atoms with Crippen LogP contribution in [0.4, 0.5) is 4.39 Å². The molecule has 0 N–H and O–H groups in total. The summed E-state index contributed by atoms with van der Waals surface area (Å²) in [7, 11) is 0. The lowest BCUT2D eigenvalue weighted by Gasteiger charge is -2.32. The second kappa shape index (κ2) is 10.3. The molecule has 7 rings (SSSR count). The van der Waals surface area contributed by atoms with Crippen LogP contribution in [-0.2, 0) is 0 Å². The van der Waals surface area contributed by atoms with Crippen LogP contribution in [0, 0.1) is 5.82 Å². The SMILES string of the molecule is CC(c1ccccn1)n1c(C2CCN(C(=O)c3ccc4c(cnn4-c4cccc(F)c4)c3)CC2)nc2ccccc21. The zero-order chi connectivity index (χ0) is 27.9. The molecule has 41 heavy (non-hydrogen) atoms. The van der Waals surface area contributed by atoms with E-state index in [4.69, 9.17) is 4.98 Å². The first-order valence-electron chi connectivity index (χ1n) is 14.0. The smallest absolute Gasteiger partial charge is 0.253 e. The minimum Gasteiger partial charge on any atom is -0.339 e. The van der Waals surface area contributed by atoms with Gasteiger partial charge in [0.15, 0.2) is 0 Å². The van der Waals surface area contributed by atoms with Crippen LogP contribution >= 0.6 is 0 Å². The number of likely N-dealkylation sites (tertiary alicyclic amines) is 1. The van der Waals surface area contributed by atoms with E-state index in [1.54, 1.807) is 16.9 Å². The fraction of sp³-hybridized carbons (Fsp3) is 0.212. The fourth-order valence-corrected chi connectivity index (χ4v) is 6.02. The van der Waals surface area contributed by atoms with Crippen LogP contribution in [0.5, 0.6) is 0 Å². The van der Waals surface area contributed by atoms with Crippen LogP contribution < -0.4 is 0 Å². The molecule has 1 amide bonds. The summed E-state index contributed by atoms with van der Waals surface area (Å²) in [4.78, 5) is 25.2. The maximum atomic E-state index is 13.8. The molecule has 1 saturated heterocycles. The Hall–Kier alpha value is -4.85. The highest BCUT2D eigenvalue weighted by atomic mass is 19.1. The van der Waals surface area contributed by atoms with E-state index in [0.29, 0.717) is 24.3 Å². The largest absolute Gasteiger partial charge is 0.339 e. The van der Waals surface area contributed by atoms with Crippen LogP contribution in [-0.4, -0.2) is 48.2 Å². The highest BCUT2D eigenvalue weighted by Gasteiger charge is 2.30. The molecule has 1 aliphatic heterocycles. The van der Waals surface area contributed by atoms with E-state index in [1.807, 2.05) is 53.6 Å². The lowest BCUT2D eigenvalue weighted by molar-refractivity contribution is 0.0710. The Kier molecular flexibility index (Phi) is 6.30. The molecule has 4 heterocycles. The molecule has 7 nitrogen and oxygen atoms in total. The van der Waals surface area contributed by atoms with Crippen molar-refractivity contribution in [1.29, 1.82) is 0 Å². The molecule has 1 atom stereocenters. The van der Waals surface area contributed by atoms with Gasteiger partial charge in [0, 0.05) is 36.2 Å². The van der Waals surface area contributed by atoms with Crippen LogP contribution in [0.15, 0.2) is 97.3 Å². The maximum absolute atomic E-state index is 13.8. The van der Waals surface area contributed by atoms with Gasteiger partial charge in [0.1, 0.15) is 11.6 Å². The molecule has 3 aromatic carbocycles. The summed E-state index contributed by atoms with van der Waals surface area (Å²) in [5, 5.41) is 5.28. The minimum absolute atomic E-state index is 0.0132. The number of fused-ring (bicyclic) bond motifs is 2. The molecule has 0 radical (unpaired) electrons. The van der Waals surface area contributed by atoms with E-state index in [1.165, 1.54) is 12.1 Å². The van der Waals surface area contributed by atoms with Gasteiger partial charge in [-0.2, -0.15) is 5.10 Å². The number of aromatic nitrogens is 5. The minimum atomic E-state index is -0.317. The number of carbonyl (C=O) groups excluding carboxylic acids is 1. The number of rotatable bonds is 5. The molecule has 3 aromatic heterocycles. The van der Waals surface area contributed by atoms with E-state index >= 15 is 0 Å². The number of nitrogens with zero attached hydrogens (tertiary/aromatic N) is 6. The molecule has 0 bridgehead atoms. The number of carbonyl (C=O) groups is 1. The highest BCUT2D eigenvalue weighted by molar-refractivity contribution is 5.98. The summed E-state index contributed by atoms with van der Waals surface area (Å²) in [6.07, 6.45) is 5.22. The van der Waals surface area contributed by atoms with Crippen LogP contribution in [0.3, 0.4) is 0 Å². The molecule has 6 aromatic rings. The second-order valence-electron chi connectivity index (χ2n) is 10.6. The fourth-order valence-electron chi connectivity index (χ4n) is 6.02. The zero-order valence-electron chi connectivity index (χ0n) is 22.7. The number of imidazole rings is 1. The maximum Gasteiger partial charge on any atom is 0.253 e. The second-order valence-corrected chi connectivity index (χ2v) is 10.6. The molecule has 0 saturated carbocycles. The van der Waals surface area contributed by atoms with Crippen molar-refractivity contribution in [1.82, 2.24) is 29.2 Å². The number of pyridine rings is 1. The quantitative estimate of drug-likeness (QED) is 0.247. The van der Waals surface area contributed by atoms with Crippen molar-refractivity contribution in [3.8, 4) is 5.69 Å². The van der Waals surface area contributed by atoms with Gasteiger partial charge in [0.2, 0.25) is 0 Å². The third kappa shape index (κ3) is 4.55. The molecular weight excluding hydrogens is 515 g/mol. The first-order valence-corrected chi connectivity index (χ1v) is 14.0. The van der Waals surface area contributed by atoms with E-state index in [-0.39, 0.29) is 23.7 Å². The van der Waals surface area contributed by atoms with Gasteiger partial charge in [-0.3, -0.25) is 9.78 Å². The van der Waals surface area contributed by atoms with E-state index in [0.717, 1.165) is 46.3 Å². The Labute approximate surface area is 236 Å². The van der Waals surface area contributed by atoms with Crippen molar-refractivity contribution < 1.29 is 9.18 Å². The Bertz CT molecular complexity index is 1870. The number of benzene rings is 3. The van der Waals surface area contributed by atoms with Gasteiger partial charge in [-0.15, -0.1) is 0 Å². The number of hydrogen-bond acceptors (Lipinski definition) is 4. The Morgan fingerprint density at radius 1 is 0.927 bits per heavy atom. The third-order valence-corrected chi connectivity index (χ3v) is 8.14. The molecule has 204 valence electrons. The topological polar surface area (TPSA) is 68.8 Å². The van der Waals surface area contributed by atoms with Gasteiger partial charge in [-0.1, -0.05) is 24.3 Å².